The number of thioether (sulfide) groups is 1. The lowest BCUT2D eigenvalue weighted by molar-refractivity contribution is -0.145. The van der Waals surface area contributed by atoms with Gasteiger partial charge in [-0.1, -0.05) is 54.3 Å². The van der Waals surface area contributed by atoms with Crippen LogP contribution < -0.4 is 9.47 Å². The molecule has 8 heteroatoms. The summed E-state index contributed by atoms with van der Waals surface area (Å²) in [6.07, 6.45) is 1.72. The molecule has 1 aliphatic rings. The third kappa shape index (κ3) is 5.65. The van der Waals surface area contributed by atoms with Crippen LogP contribution in [-0.2, 0) is 20.9 Å². The summed E-state index contributed by atoms with van der Waals surface area (Å²) in [5, 5.41) is 0. The predicted molar refractivity (Wildman–Crippen MR) is 125 cm³/mol. The normalized spacial score (nSPS) is 14.8. The third-order valence-electron chi connectivity index (χ3n) is 4.60. The maximum absolute atomic E-state index is 12.7. The van der Waals surface area contributed by atoms with E-state index in [1.54, 1.807) is 26.2 Å². The van der Waals surface area contributed by atoms with Gasteiger partial charge in [-0.15, -0.1) is 0 Å². The summed E-state index contributed by atoms with van der Waals surface area (Å²) in [5.41, 5.74) is 3.01. The topological polar surface area (TPSA) is 65.1 Å². The first kappa shape index (κ1) is 22.8. The number of ether oxygens (including phenoxy) is 3. The number of hydrogen-bond acceptors (Lipinski definition) is 7. The summed E-state index contributed by atoms with van der Waals surface area (Å²) in [6.45, 7) is 4.24. The number of methoxy groups -OCH3 is 1. The van der Waals surface area contributed by atoms with Crippen LogP contribution in [0.1, 0.15) is 23.6 Å². The first-order valence-electron chi connectivity index (χ1n) is 9.69. The van der Waals surface area contributed by atoms with Gasteiger partial charge in [0.1, 0.15) is 17.5 Å². The van der Waals surface area contributed by atoms with E-state index in [1.807, 2.05) is 43.3 Å². The van der Waals surface area contributed by atoms with Gasteiger partial charge in [-0.05, 0) is 48.7 Å². The first-order valence-corrected chi connectivity index (χ1v) is 10.9. The largest absolute Gasteiger partial charge is 0.493 e. The van der Waals surface area contributed by atoms with Crippen molar-refractivity contribution in [2.24, 2.45) is 0 Å². The molecule has 1 fully saturated rings. The fraction of sp³-hybridized carbons (Fsp3) is 0.261. The molecule has 162 valence electrons. The molecule has 6 nitrogen and oxygen atoms in total. The SMILES string of the molecule is CCOC(=O)CN1C(=O)/C(=C/c2ccc(OCc3ccccc3C)c(OC)c2)SC1=S. The van der Waals surface area contributed by atoms with Crippen LogP contribution in [0.2, 0.25) is 0 Å². The fourth-order valence-corrected chi connectivity index (χ4v) is 4.20. The summed E-state index contributed by atoms with van der Waals surface area (Å²) in [5.74, 6) is 0.362. The Morgan fingerprint density at radius 3 is 2.68 bits per heavy atom. The van der Waals surface area contributed by atoms with E-state index < -0.39 is 5.97 Å². The molecule has 1 saturated heterocycles. The molecule has 3 rings (SSSR count). The minimum absolute atomic E-state index is 0.190. The smallest absolute Gasteiger partial charge is 0.326 e. The van der Waals surface area contributed by atoms with E-state index in [0.29, 0.717) is 27.3 Å². The van der Waals surface area contributed by atoms with Crippen molar-refractivity contribution in [2.45, 2.75) is 20.5 Å². The summed E-state index contributed by atoms with van der Waals surface area (Å²) in [6, 6.07) is 13.5. The van der Waals surface area contributed by atoms with Gasteiger partial charge in [-0.2, -0.15) is 0 Å². The number of thiocarbonyl (C=S) groups is 1. The Morgan fingerprint density at radius 1 is 1.19 bits per heavy atom. The van der Waals surface area contributed by atoms with Crippen LogP contribution in [0.4, 0.5) is 0 Å². The predicted octanol–water partition coefficient (Wildman–Crippen LogP) is 4.35. The highest BCUT2D eigenvalue weighted by molar-refractivity contribution is 8.26. The molecule has 0 N–H and O–H groups in total. The van der Waals surface area contributed by atoms with Crippen molar-refractivity contribution in [2.75, 3.05) is 20.3 Å². The number of carbonyl (C=O) groups is 2. The number of aryl methyl sites for hydroxylation is 1. The van der Waals surface area contributed by atoms with Gasteiger partial charge in [-0.3, -0.25) is 14.5 Å². The molecule has 0 unspecified atom stereocenters. The maximum Gasteiger partial charge on any atom is 0.326 e. The third-order valence-corrected chi connectivity index (χ3v) is 5.97. The van der Waals surface area contributed by atoms with E-state index in [1.165, 1.54) is 4.90 Å². The Bertz CT molecular complexity index is 1030. The van der Waals surface area contributed by atoms with E-state index in [-0.39, 0.29) is 19.1 Å². The van der Waals surface area contributed by atoms with Crippen molar-refractivity contribution in [3.05, 3.63) is 64.1 Å². The molecule has 0 saturated carbocycles. The van der Waals surface area contributed by atoms with Crippen LogP contribution in [0.5, 0.6) is 11.5 Å². The molecule has 1 amide bonds. The number of rotatable bonds is 8. The van der Waals surface area contributed by atoms with Crippen LogP contribution in [-0.4, -0.2) is 41.4 Å². The first-order chi connectivity index (χ1) is 14.9. The molecule has 0 bridgehead atoms. The van der Waals surface area contributed by atoms with Gasteiger partial charge >= 0.3 is 5.97 Å². The molecule has 0 spiro atoms. The van der Waals surface area contributed by atoms with Gasteiger partial charge in [0.15, 0.2) is 11.5 Å². The molecular weight excluding hydrogens is 434 g/mol. The minimum atomic E-state index is -0.489. The highest BCUT2D eigenvalue weighted by Gasteiger charge is 2.33. The Kier molecular flexibility index (Phi) is 7.70. The van der Waals surface area contributed by atoms with Crippen LogP contribution >= 0.6 is 24.0 Å². The Labute approximate surface area is 191 Å². The highest BCUT2D eigenvalue weighted by Crippen LogP contribution is 2.35. The van der Waals surface area contributed by atoms with Gasteiger partial charge < -0.3 is 14.2 Å². The van der Waals surface area contributed by atoms with Crippen LogP contribution in [0.15, 0.2) is 47.4 Å². The molecule has 0 aliphatic carbocycles. The fourth-order valence-electron chi connectivity index (χ4n) is 2.94. The van der Waals surface area contributed by atoms with Crippen LogP contribution in [0.25, 0.3) is 6.08 Å². The number of benzene rings is 2. The second-order valence-corrected chi connectivity index (χ2v) is 8.37. The molecule has 0 atom stereocenters. The standard InChI is InChI=1S/C23H23NO5S2/c1-4-28-21(25)13-24-22(26)20(31-23(24)30)12-16-9-10-18(19(11-16)27-3)29-14-17-8-6-5-7-15(17)2/h5-12H,4,13-14H2,1-3H3/b20-12-. The van der Waals surface area contributed by atoms with Crippen molar-refractivity contribution in [3.8, 4) is 11.5 Å². The number of esters is 1. The number of nitrogens with zero attached hydrogens (tertiary/aromatic N) is 1. The Morgan fingerprint density at radius 2 is 1.97 bits per heavy atom. The second kappa shape index (κ2) is 10.5. The van der Waals surface area contributed by atoms with Crippen molar-refractivity contribution in [3.63, 3.8) is 0 Å². The van der Waals surface area contributed by atoms with Gasteiger partial charge in [0.25, 0.3) is 5.91 Å². The molecule has 0 radical (unpaired) electrons. The molecule has 31 heavy (non-hydrogen) atoms. The average Bonchev–Trinajstić information content (AvgIpc) is 3.01. The van der Waals surface area contributed by atoms with Crippen LogP contribution in [0, 0.1) is 6.92 Å². The zero-order chi connectivity index (χ0) is 22.4. The summed E-state index contributed by atoms with van der Waals surface area (Å²) >= 11 is 6.40. The summed E-state index contributed by atoms with van der Waals surface area (Å²) < 4.78 is 16.7. The maximum atomic E-state index is 12.7. The van der Waals surface area contributed by atoms with Crippen molar-refractivity contribution in [1.29, 1.82) is 0 Å². The molecule has 2 aromatic carbocycles. The number of carbonyl (C=O) groups excluding carboxylic acids is 2. The number of amides is 1. The zero-order valence-electron chi connectivity index (χ0n) is 17.5. The van der Waals surface area contributed by atoms with Crippen LogP contribution in [0.3, 0.4) is 0 Å². The molecule has 1 aliphatic heterocycles. The van der Waals surface area contributed by atoms with E-state index in [4.69, 9.17) is 26.4 Å². The van der Waals surface area contributed by atoms with E-state index in [2.05, 4.69) is 0 Å². The van der Waals surface area contributed by atoms with E-state index in [0.717, 1.165) is 28.5 Å². The lowest BCUT2D eigenvalue weighted by Gasteiger charge is -2.13. The second-order valence-electron chi connectivity index (χ2n) is 6.70. The molecule has 2 aromatic rings. The minimum Gasteiger partial charge on any atom is -0.493 e. The number of hydrogen-bond donors (Lipinski definition) is 0. The molecular formula is C23H23NO5S2. The van der Waals surface area contributed by atoms with Crippen molar-refractivity contribution in [1.82, 2.24) is 4.90 Å². The lowest BCUT2D eigenvalue weighted by atomic mass is 10.1. The summed E-state index contributed by atoms with van der Waals surface area (Å²) in [7, 11) is 1.57. The highest BCUT2D eigenvalue weighted by atomic mass is 32.2. The van der Waals surface area contributed by atoms with Gasteiger partial charge in [0.05, 0.1) is 18.6 Å². The van der Waals surface area contributed by atoms with Crippen molar-refractivity contribution < 1.29 is 23.8 Å². The van der Waals surface area contributed by atoms with Gasteiger partial charge in [-0.25, -0.2) is 0 Å². The van der Waals surface area contributed by atoms with Gasteiger partial charge in [0.2, 0.25) is 0 Å². The van der Waals surface area contributed by atoms with E-state index in [9.17, 15) is 9.59 Å². The lowest BCUT2D eigenvalue weighted by Crippen LogP contribution is -2.34. The monoisotopic (exact) mass is 457 g/mol. The van der Waals surface area contributed by atoms with Crippen molar-refractivity contribution >= 4 is 46.3 Å². The quantitative estimate of drug-likeness (QED) is 0.332. The molecule has 0 aromatic heterocycles. The Balaban J connectivity index is 1.74. The summed E-state index contributed by atoms with van der Waals surface area (Å²) in [4.78, 5) is 26.1. The average molecular weight is 458 g/mol. The Hall–Kier alpha value is -2.84. The van der Waals surface area contributed by atoms with Gasteiger partial charge in [0, 0.05) is 0 Å². The molecule has 1 heterocycles. The van der Waals surface area contributed by atoms with E-state index >= 15 is 0 Å². The zero-order valence-corrected chi connectivity index (χ0v) is 19.2.